The van der Waals surface area contributed by atoms with Crippen LogP contribution in [0.25, 0.3) is 20.8 Å². The van der Waals surface area contributed by atoms with Crippen LogP contribution in [0.5, 0.6) is 0 Å². The molecule has 0 aliphatic carbocycles. The Morgan fingerprint density at radius 3 is 2.58 bits per heavy atom. The molecule has 0 unspecified atom stereocenters. The first kappa shape index (κ1) is 20.6. The summed E-state index contributed by atoms with van der Waals surface area (Å²) in [5.41, 5.74) is 3.61. The molecule has 0 saturated heterocycles. The summed E-state index contributed by atoms with van der Waals surface area (Å²) in [6, 6.07) is 15.8. The molecule has 4 aromatic rings. The number of hydrogen-bond donors (Lipinski definition) is 1. The lowest BCUT2D eigenvalue weighted by atomic mass is 10.2. The lowest BCUT2D eigenvalue weighted by molar-refractivity contribution is -0.380. The Balaban J connectivity index is 1.35. The third-order valence-corrected chi connectivity index (χ3v) is 6.35. The van der Waals surface area contributed by atoms with E-state index in [0.29, 0.717) is 17.0 Å². The summed E-state index contributed by atoms with van der Waals surface area (Å²) in [7, 11) is 0. The number of benzene rings is 2. The Labute approximate surface area is 184 Å². The van der Waals surface area contributed by atoms with E-state index in [1.54, 1.807) is 23.5 Å². The van der Waals surface area contributed by atoms with E-state index in [2.05, 4.69) is 16.4 Å². The quantitative estimate of drug-likeness (QED) is 0.249. The van der Waals surface area contributed by atoms with E-state index in [0.717, 1.165) is 20.8 Å². The number of thiazole rings is 1. The van der Waals surface area contributed by atoms with Crippen LogP contribution in [0.2, 0.25) is 0 Å². The van der Waals surface area contributed by atoms with Gasteiger partial charge in [0.1, 0.15) is 9.88 Å². The van der Waals surface area contributed by atoms with Crippen LogP contribution in [0.1, 0.15) is 15.2 Å². The van der Waals surface area contributed by atoms with E-state index >= 15 is 0 Å². The average Bonchev–Trinajstić information content (AvgIpc) is 3.40. The van der Waals surface area contributed by atoms with E-state index in [1.165, 1.54) is 17.7 Å². The zero-order valence-electron chi connectivity index (χ0n) is 16.2. The molecule has 1 amide bonds. The van der Waals surface area contributed by atoms with Gasteiger partial charge in [0.15, 0.2) is 6.61 Å². The van der Waals surface area contributed by atoms with E-state index in [-0.39, 0.29) is 9.88 Å². The summed E-state index contributed by atoms with van der Waals surface area (Å²) in [4.78, 5) is 38.8. The number of nitrogens with zero attached hydrogens (tertiary/aromatic N) is 2. The molecule has 4 rings (SSSR count). The number of carbonyl (C=O) groups excluding carboxylic acids is 2. The number of hydrogen-bond acceptors (Lipinski definition) is 8. The average molecular weight is 454 g/mol. The maximum absolute atomic E-state index is 12.1. The first-order valence-electron chi connectivity index (χ1n) is 9.08. The molecule has 0 bridgehead atoms. The van der Waals surface area contributed by atoms with Crippen molar-refractivity contribution in [2.75, 3.05) is 11.9 Å². The van der Waals surface area contributed by atoms with E-state index in [1.807, 2.05) is 31.2 Å². The van der Waals surface area contributed by atoms with Gasteiger partial charge in [-0.25, -0.2) is 9.78 Å². The number of carbonyl (C=O) groups is 2. The molecule has 0 atom stereocenters. The SMILES string of the molecule is Cc1ccc2nc(-c3ccc(NC(=O)COC(=O)c4ccc([N+](=O)[O-])s4)cc3)sc2c1. The topological polar surface area (TPSA) is 111 Å². The molecule has 1 N–H and O–H groups in total. The summed E-state index contributed by atoms with van der Waals surface area (Å²) in [6.07, 6.45) is 0. The molecular formula is C21H15N3O5S2. The number of anilines is 1. The van der Waals surface area contributed by atoms with Gasteiger partial charge in [-0.15, -0.1) is 11.3 Å². The number of amides is 1. The van der Waals surface area contributed by atoms with Gasteiger partial charge in [-0.1, -0.05) is 17.4 Å². The van der Waals surface area contributed by atoms with Crippen LogP contribution in [0.3, 0.4) is 0 Å². The summed E-state index contributed by atoms with van der Waals surface area (Å²) >= 11 is 2.30. The van der Waals surface area contributed by atoms with Crippen LogP contribution in [0, 0.1) is 17.0 Å². The lowest BCUT2D eigenvalue weighted by Crippen LogP contribution is -2.20. The van der Waals surface area contributed by atoms with E-state index in [9.17, 15) is 19.7 Å². The fraction of sp³-hybridized carbons (Fsp3) is 0.0952. The highest BCUT2D eigenvalue weighted by Gasteiger charge is 2.17. The van der Waals surface area contributed by atoms with Crippen LogP contribution in [-0.4, -0.2) is 28.4 Å². The minimum atomic E-state index is -0.783. The van der Waals surface area contributed by atoms with Gasteiger partial charge in [-0.3, -0.25) is 14.9 Å². The van der Waals surface area contributed by atoms with Crippen molar-refractivity contribution in [3.05, 3.63) is 75.2 Å². The zero-order chi connectivity index (χ0) is 22.0. The fourth-order valence-corrected chi connectivity index (χ4v) is 4.57. The molecule has 156 valence electrons. The van der Waals surface area contributed by atoms with Crippen molar-refractivity contribution in [1.82, 2.24) is 4.98 Å². The standard InChI is InChI=1S/C21H15N3O5S2/c1-12-2-7-15-17(10-12)31-20(23-15)13-3-5-14(6-4-13)22-18(25)11-29-21(26)16-8-9-19(30-16)24(27)28/h2-10H,11H2,1H3,(H,22,25). The summed E-state index contributed by atoms with van der Waals surface area (Å²) in [5, 5.41) is 14.0. The van der Waals surface area contributed by atoms with Gasteiger partial charge in [-0.2, -0.15) is 0 Å². The van der Waals surface area contributed by atoms with E-state index in [4.69, 9.17) is 4.74 Å². The second-order valence-electron chi connectivity index (χ2n) is 6.59. The largest absolute Gasteiger partial charge is 0.451 e. The molecule has 10 heteroatoms. The highest BCUT2D eigenvalue weighted by Crippen LogP contribution is 2.31. The highest BCUT2D eigenvalue weighted by molar-refractivity contribution is 7.21. The van der Waals surface area contributed by atoms with Gasteiger partial charge in [0.2, 0.25) is 0 Å². The molecule has 2 aromatic heterocycles. The molecule has 2 aromatic carbocycles. The summed E-state index contributed by atoms with van der Waals surface area (Å²) in [5.74, 6) is -1.29. The van der Waals surface area contributed by atoms with Crippen LogP contribution >= 0.6 is 22.7 Å². The molecule has 2 heterocycles. The highest BCUT2D eigenvalue weighted by atomic mass is 32.1. The molecule has 8 nitrogen and oxygen atoms in total. The maximum atomic E-state index is 12.1. The number of nitro groups is 1. The first-order valence-corrected chi connectivity index (χ1v) is 10.7. The number of aromatic nitrogens is 1. The normalized spacial score (nSPS) is 10.7. The van der Waals surface area contributed by atoms with Gasteiger partial charge in [0, 0.05) is 17.3 Å². The van der Waals surface area contributed by atoms with Gasteiger partial charge >= 0.3 is 11.0 Å². The van der Waals surface area contributed by atoms with Crippen LogP contribution in [0.15, 0.2) is 54.6 Å². The Kier molecular flexibility index (Phi) is 5.74. The van der Waals surface area contributed by atoms with Gasteiger partial charge in [0.05, 0.1) is 15.1 Å². The van der Waals surface area contributed by atoms with Crippen LogP contribution in [-0.2, 0) is 9.53 Å². The number of rotatable bonds is 6. The minimum Gasteiger partial charge on any atom is -0.451 e. The minimum absolute atomic E-state index is 0.0647. The monoisotopic (exact) mass is 453 g/mol. The Morgan fingerprint density at radius 1 is 1.10 bits per heavy atom. The third-order valence-electron chi connectivity index (χ3n) is 4.27. The van der Waals surface area contributed by atoms with Crippen molar-refractivity contribution in [3.63, 3.8) is 0 Å². The Morgan fingerprint density at radius 2 is 1.87 bits per heavy atom. The molecule has 0 saturated carbocycles. The van der Waals surface area contributed by atoms with Gasteiger partial charge in [0.25, 0.3) is 5.91 Å². The lowest BCUT2D eigenvalue weighted by Gasteiger charge is -2.06. The fourth-order valence-electron chi connectivity index (χ4n) is 2.79. The van der Waals surface area contributed by atoms with Crippen molar-refractivity contribution in [1.29, 1.82) is 0 Å². The predicted octanol–water partition coefficient (Wildman–Crippen LogP) is 5.04. The zero-order valence-corrected chi connectivity index (χ0v) is 17.8. The molecule has 31 heavy (non-hydrogen) atoms. The number of esters is 1. The van der Waals surface area contributed by atoms with Gasteiger partial charge in [-0.05, 0) is 55.0 Å². The molecule has 0 spiro atoms. The smallest absolute Gasteiger partial charge is 0.349 e. The maximum Gasteiger partial charge on any atom is 0.349 e. The summed E-state index contributed by atoms with van der Waals surface area (Å²) in [6.45, 7) is 1.54. The Hall–Kier alpha value is -3.63. The van der Waals surface area contributed by atoms with Crippen LogP contribution < -0.4 is 5.32 Å². The number of thiophene rings is 1. The number of aryl methyl sites for hydroxylation is 1. The second kappa shape index (κ2) is 8.62. The van der Waals surface area contributed by atoms with Crippen molar-refractivity contribution >= 4 is 55.5 Å². The number of ether oxygens (including phenoxy) is 1. The molecule has 0 aliphatic rings. The second-order valence-corrected chi connectivity index (χ2v) is 8.68. The van der Waals surface area contributed by atoms with Gasteiger partial charge < -0.3 is 10.1 Å². The molecule has 0 radical (unpaired) electrons. The molecule has 0 fully saturated rings. The number of nitrogens with one attached hydrogen (secondary N) is 1. The Bertz CT molecular complexity index is 1290. The predicted molar refractivity (Wildman–Crippen MR) is 120 cm³/mol. The molecule has 0 aliphatic heterocycles. The summed E-state index contributed by atoms with van der Waals surface area (Å²) < 4.78 is 6.04. The first-order chi connectivity index (χ1) is 14.9. The molecular weight excluding hydrogens is 438 g/mol. The number of fused-ring (bicyclic) bond motifs is 1. The third kappa shape index (κ3) is 4.76. The van der Waals surface area contributed by atoms with Crippen LogP contribution in [0.4, 0.5) is 10.7 Å². The van der Waals surface area contributed by atoms with Crippen molar-refractivity contribution in [2.24, 2.45) is 0 Å². The van der Waals surface area contributed by atoms with Crippen molar-refractivity contribution in [2.45, 2.75) is 6.92 Å². The van der Waals surface area contributed by atoms with E-state index < -0.39 is 23.4 Å². The van der Waals surface area contributed by atoms with Crippen molar-refractivity contribution in [3.8, 4) is 10.6 Å². The van der Waals surface area contributed by atoms with Crippen molar-refractivity contribution < 1.29 is 19.2 Å².